The van der Waals surface area contributed by atoms with E-state index in [-0.39, 0.29) is 12.5 Å². The third-order valence-corrected chi connectivity index (χ3v) is 4.04. The molecule has 1 aliphatic heterocycles. The Balaban J connectivity index is 2.68. The Hall–Kier alpha value is -0.660. The van der Waals surface area contributed by atoms with Gasteiger partial charge in [-0.05, 0) is 19.8 Å². The van der Waals surface area contributed by atoms with Crippen LogP contribution in [0.15, 0.2) is 0 Å². The first kappa shape index (κ1) is 14.4. The molecule has 0 aliphatic carbocycles. The van der Waals surface area contributed by atoms with E-state index in [2.05, 4.69) is 5.32 Å². The van der Waals surface area contributed by atoms with E-state index < -0.39 is 22.2 Å². The number of nitrogens with zero attached hydrogens (tertiary/aromatic N) is 1. The predicted molar refractivity (Wildman–Crippen MR) is 63.9 cm³/mol. The van der Waals surface area contributed by atoms with Gasteiger partial charge in [-0.15, -0.1) is 0 Å². The number of nitrogens with one attached hydrogen (secondary N) is 1. The maximum Gasteiger partial charge on any atom is 0.238 e. The first-order valence-corrected chi connectivity index (χ1v) is 7.60. The van der Waals surface area contributed by atoms with Gasteiger partial charge in [0.2, 0.25) is 15.9 Å². The Labute approximate surface area is 102 Å². The van der Waals surface area contributed by atoms with Crippen LogP contribution in [-0.4, -0.2) is 55.2 Å². The highest BCUT2D eigenvalue weighted by atomic mass is 32.2. The van der Waals surface area contributed by atoms with Crippen LogP contribution in [0.25, 0.3) is 0 Å². The normalized spacial score (nSPS) is 24.3. The molecule has 1 rings (SSSR count). The molecule has 0 spiro atoms. The zero-order valence-corrected chi connectivity index (χ0v) is 11.0. The molecule has 1 unspecified atom stereocenters. The molecule has 6 nitrogen and oxygen atoms in total. The minimum atomic E-state index is -3.35. The fourth-order valence-electron chi connectivity index (χ4n) is 1.93. The van der Waals surface area contributed by atoms with Gasteiger partial charge in [0.25, 0.3) is 0 Å². The van der Waals surface area contributed by atoms with E-state index in [0.717, 1.165) is 19.1 Å². The molecule has 0 radical (unpaired) electrons. The van der Waals surface area contributed by atoms with Gasteiger partial charge in [0.1, 0.15) is 6.04 Å². The van der Waals surface area contributed by atoms with Gasteiger partial charge < -0.3 is 10.4 Å². The van der Waals surface area contributed by atoms with E-state index in [0.29, 0.717) is 13.0 Å². The number of carbonyl (C=O) groups is 1. The Kier molecular flexibility index (Phi) is 4.91. The average molecular weight is 264 g/mol. The first-order chi connectivity index (χ1) is 7.82. The number of hydrogen-bond donors (Lipinski definition) is 2. The summed E-state index contributed by atoms with van der Waals surface area (Å²) in [5, 5.41) is 11.6. The quantitative estimate of drug-likeness (QED) is 0.703. The van der Waals surface area contributed by atoms with E-state index in [1.807, 2.05) is 0 Å². The van der Waals surface area contributed by atoms with Crippen LogP contribution in [0.5, 0.6) is 0 Å². The monoisotopic (exact) mass is 264 g/mol. The van der Waals surface area contributed by atoms with Crippen LogP contribution in [0.1, 0.15) is 26.2 Å². The number of piperidine rings is 1. The van der Waals surface area contributed by atoms with Crippen molar-refractivity contribution in [2.45, 2.75) is 38.3 Å². The molecule has 0 aromatic rings. The van der Waals surface area contributed by atoms with Crippen LogP contribution >= 0.6 is 0 Å². The van der Waals surface area contributed by atoms with Crippen molar-refractivity contribution >= 4 is 15.9 Å². The largest absolute Gasteiger partial charge is 0.392 e. The van der Waals surface area contributed by atoms with Crippen molar-refractivity contribution < 1.29 is 18.3 Å². The van der Waals surface area contributed by atoms with Crippen molar-refractivity contribution in [3.8, 4) is 0 Å². The summed E-state index contributed by atoms with van der Waals surface area (Å²) in [5.41, 5.74) is 0. The number of aliphatic hydroxyl groups is 1. The number of rotatable bonds is 4. The molecule has 7 heteroatoms. The van der Waals surface area contributed by atoms with Gasteiger partial charge in [-0.3, -0.25) is 4.79 Å². The molecule has 100 valence electrons. The molecule has 0 saturated carbocycles. The molecular formula is C10H20N2O4S. The first-order valence-electron chi connectivity index (χ1n) is 5.75. The average Bonchev–Trinajstić information content (AvgIpc) is 2.24. The van der Waals surface area contributed by atoms with Crippen LogP contribution in [0.4, 0.5) is 0 Å². The number of hydrogen-bond acceptors (Lipinski definition) is 4. The molecule has 0 aromatic heterocycles. The van der Waals surface area contributed by atoms with Gasteiger partial charge in [0.05, 0.1) is 12.4 Å². The van der Waals surface area contributed by atoms with Gasteiger partial charge in [-0.1, -0.05) is 6.42 Å². The Bertz CT molecular complexity index is 367. The molecule has 1 aliphatic rings. The van der Waals surface area contributed by atoms with Gasteiger partial charge in [0.15, 0.2) is 0 Å². The second-order valence-corrected chi connectivity index (χ2v) is 6.41. The standard InChI is InChI=1S/C10H20N2O4S/c1-8(13)7-11-10(14)9-5-3-4-6-12(9)17(2,15)16/h8-9,13H,3-7H2,1-2H3,(H,11,14)/t8-,9?/m1/s1. The van der Waals surface area contributed by atoms with Crippen molar-refractivity contribution in [1.29, 1.82) is 0 Å². The van der Waals surface area contributed by atoms with Crippen LogP contribution in [0.3, 0.4) is 0 Å². The van der Waals surface area contributed by atoms with Crippen molar-refractivity contribution in [3.05, 3.63) is 0 Å². The lowest BCUT2D eigenvalue weighted by Gasteiger charge is -2.32. The fourth-order valence-corrected chi connectivity index (χ4v) is 3.05. The molecule has 17 heavy (non-hydrogen) atoms. The number of aliphatic hydroxyl groups excluding tert-OH is 1. The lowest BCUT2D eigenvalue weighted by molar-refractivity contribution is -0.126. The Morgan fingerprint density at radius 1 is 1.53 bits per heavy atom. The fraction of sp³-hybridized carbons (Fsp3) is 0.900. The maximum atomic E-state index is 11.8. The molecule has 2 atom stereocenters. The van der Waals surface area contributed by atoms with E-state index in [9.17, 15) is 13.2 Å². The smallest absolute Gasteiger partial charge is 0.238 e. The molecule has 0 aromatic carbocycles. The summed E-state index contributed by atoms with van der Waals surface area (Å²) >= 11 is 0. The maximum absolute atomic E-state index is 11.8. The summed E-state index contributed by atoms with van der Waals surface area (Å²) < 4.78 is 24.3. The summed E-state index contributed by atoms with van der Waals surface area (Å²) in [4.78, 5) is 11.8. The topological polar surface area (TPSA) is 86.7 Å². The molecule has 2 N–H and O–H groups in total. The third-order valence-electron chi connectivity index (χ3n) is 2.75. The van der Waals surface area contributed by atoms with Crippen molar-refractivity contribution in [1.82, 2.24) is 9.62 Å². The Morgan fingerprint density at radius 3 is 2.71 bits per heavy atom. The van der Waals surface area contributed by atoms with E-state index in [1.54, 1.807) is 6.92 Å². The van der Waals surface area contributed by atoms with Crippen LogP contribution in [-0.2, 0) is 14.8 Å². The second-order valence-electron chi connectivity index (χ2n) is 4.48. The minimum Gasteiger partial charge on any atom is -0.392 e. The van der Waals surface area contributed by atoms with E-state index in [1.165, 1.54) is 4.31 Å². The van der Waals surface area contributed by atoms with Crippen molar-refractivity contribution in [3.63, 3.8) is 0 Å². The van der Waals surface area contributed by atoms with E-state index in [4.69, 9.17) is 5.11 Å². The molecule has 1 heterocycles. The minimum absolute atomic E-state index is 0.146. The highest BCUT2D eigenvalue weighted by Crippen LogP contribution is 2.19. The number of sulfonamides is 1. The molecule has 0 bridgehead atoms. The zero-order chi connectivity index (χ0) is 13.1. The van der Waals surface area contributed by atoms with Gasteiger partial charge in [-0.25, -0.2) is 8.42 Å². The van der Waals surface area contributed by atoms with Crippen LogP contribution in [0.2, 0.25) is 0 Å². The molecule has 1 fully saturated rings. The van der Waals surface area contributed by atoms with Gasteiger partial charge in [-0.2, -0.15) is 4.31 Å². The van der Waals surface area contributed by atoms with Crippen molar-refractivity contribution in [2.24, 2.45) is 0 Å². The molecule has 1 saturated heterocycles. The van der Waals surface area contributed by atoms with Gasteiger partial charge >= 0.3 is 0 Å². The van der Waals surface area contributed by atoms with Gasteiger partial charge in [0, 0.05) is 13.1 Å². The lowest BCUT2D eigenvalue weighted by Crippen LogP contribution is -2.52. The lowest BCUT2D eigenvalue weighted by atomic mass is 10.0. The zero-order valence-electron chi connectivity index (χ0n) is 10.2. The number of carbonyl (C=O) groups excluding carboxylic acids is 1. The second kappa shape index (κ2) is 5.79. The highest BCUT2D eigenvalue weighted by molar-refractivity contribution is 7.88. The van der Waals surface area contributed by atoms with E-state index >= 15 is 0 Å². The summed E-state index contributed by atoms with van der Waals surface area (Å²) in [6.45, 7) is 2.11. The highest BCUT2D eigenvalue weighted by Gasteiger charge is 2.34. The summed E-state index contributed by atoms with van der Waals surface area (Å²) in [5.74, 6) is -0.323. The van der Waals surface area contributed by atoms with Crippen LogP contribution < -0.4 is 5.32 Å². The van der Waals surface area contributed by atoms with Crippen molar-refractivity contribution in [2.75, 3.05) is 19.3 Å². The molecule has 1 amide bonds. The van der Waals surface area contributed by atoms with Crippen LogP contribution in [0, 0.1) is 0 Å². The molecular weight excluding hydrogens is 244 g/mol. The summed E-state index contributed by atoms with van der Waals surface area (Å²) in [6.07, 6.45) is 2.66. The SMILES string of the molecule is C[C@@H](O)CNC(=O)C1CCCCN1S(C)(=O)=O. The summed E-state index contributed by atoms with van der Waals surface area (Å²) in [7, 11) is -3.35. The Morgan fingerprint density at radius 2 is 2.18 bits per heavy atom. The predicted octanol–water partition coefficient (Wildman–Crippen LogP) is -0.702. The number of amides is 1. The third kappa shape index (κ3) is 4.25. The summed E-state index contributed by atoms with van der Waals surface area (Å²) in [6, 6.07) is -0.627.